The van der Waals surface area contributed by atoms with Gasteiger partial charge in [-0.1, -0.05) is 12.1 Å². The average Bonchev–Trinajstić information content (AvgIpc) is 2.76. The van der Waals surface area contributed by atoms with Crippen molar-refractivity contribution in [2.24, 2.45) is 0 Å². The van der Waals surface area contributed by atoms with Crippen LogP contribution in [0.2, 0.25) is 0 Å². The van der Waals surface area contributed by atoms with E-state index in [-0.39, 0.29) is 6.29 Å². The number of aldehydes is 1. The molecule has 0 aliphatic carbocycles. The van der Waals surface area contributed by atoms with Crippen LogP contribution in [0.1, 0.15) is 11.1 Å². The second kappa shape index (κ2) is 4.79. The molecule has 1 aromatic carbocycles. The summed E-state index contributed by atoms with van der Waals surface area (Å²) in [6.45, 7) is 1.23. The Morgan fingerprint density at radius 2 is 2.38 bits per heavy atom. The van der Waals surface area contributed by atoms with Gasteiger partial charge in [-0.05, 0) is 23.6 Å². The number of carbonyl (C=O) groups excluding carboxylic acids is 2. The molecular weight excluding hydrogens is 206 g/mol. The van der Waals surface area contributed by atoms with Gasteiger partial charge in [-0.15, -0.1) is 0 Å². The highest BCUT2D eigenvalue weighted by Gasteiger charge is 2.11. The standard InChI is InChI=1S/C12H13NO3/c14-8-12(15)13-5-3-9-1-2-11-10(7-9)4-6-16-11/h1-2,7-8H,3-6H2,(H,13,15). The van der Waals surface area contributed by atoms with E-state index in [1.165, 1.54) is 5.56 Å². The average molecular weight is 219 g/mol. The van der Waals surface area contributed by atoms with Crippen LogP contribution in [0.3, 0.4) is 0 Å². The Bertz CT molecular complexity index is 415. The van der Waals surface area contributed by atoms with E-state index in [1.54, 1.807) is 0 Å². The summed E-state index contributed by atoms with van der Waals surface area (Å²) in [4.78, 5) is 20.8. The lowest BCUT2D eigenvalue weighted by Crippen LogP contribution is -2.26. The Kier molecular flexibility index (Phi) is 3.19. The van der Waals surface area contributed by atoms with Gasteiger partial charge in [0.25, 0.3) is 5.91 Å². The molecule has 84 valence electrons. The third-order valence-electron chi connectivity index (χ3n) is 2.57. The molecule has 0 fully saturated rings. The summed E-state index contributed by atoms with van der Waals surface area (Å²) >= 11 is 0. The predicted octanol–water partition coefficient (Wildman–Crippen LogP) is 0.479. The van der Waals surface area contributed by atoms with Gasteiger partial charge >= 0.3 is 0 Å². The van der Waals surface area contributed by atoms with Gasteiger partial charge in [0.2, 0.25) is 6.29 Å². The van der Waals surface area contributed by atoms with Crippen molar-refractivity contribution < 1.29 is 14.3 Å². The first-order valence-corrected chi connectivity index (χ1v) is 5.27. The highest BCUT2D eigenvalue weighted by molar-refractivity contribution is 6.23. The van der Waals surface area contributed by atoms with Crippen LogP contribution in [-0.4, -0.2) is 25.3 Å². The minimum absolute atomic E-state index is 0.288. The van der Waals surface area contributed by atoms with Crippen molar-refractivity contribution in [3.05, 3.63) is 29.3 Å². The molecule has 16 heavy (non-hydrogen) atoms. The Labute approximate surface area is 93.6 Å². The highest BCUT2D eigenvalue weighted by atomic mass is 16.5. The quantitative estimate of drug-likeness (QED) is 0.592. The number of rotatable bonds is 4. The van der Waals surface area contributed by atoms with Crippen LogP contribution in [0.15, 0.2) is 18.2 Å². The maximum absolute atomic E-state index is 10.7. The van der Waals surface area contributed by atoms with E-state index in [0.29, 0.717) is 6.54 Å². The zero-order valence-corrected chi connectivity index (χ0v) is 8.86. The van der Waals surface area contributed by atoms with Gasteiger partial charge in [0.05, 0.1) is 6.61 Å². The maximum atomic E-state index is 10.7. The second-order valence-corrected chi connectivity index (χ2v) is 3.70. The van der Waals surface area contributed by atoms with Gasteiger partial charge < -0.3 is 10.1 Å². The number of carbonyl (C=O) groups is 2. The molecule has 0 spiro atoms. The SMILES string of the molecule is O=CC(=O)NCCc1ccc2c(c1)CCO2. The lowest BCUT2D eigenvalue weighted by atomic mass is 10.1. The minimum atomic E-state index is -0.565. The molecule has 4 heteroatoms. The molecule has 1 aliphatic rings. The summed E-state index contributed by atoms with van der Waals surface area (Å²) in [5, 5.41) is 2.51. The van der Waals surface area contributed by atoms with Crippen molar-refractivity contribution >= 4 is 12.2 Å². The van der Waals surface area contributed by atoms with E-state index in [4.69, 9.17) is 4.74 Å². The van der Waals surface area contributed by atoms with Crippen molar-refractivity contribution in [2.45, 2.75) is 12.8 Å². The van der Waals surface area contributed by atoms with Crippen LogP contribution >= 0.6 is 0 Å². The van der Waals surface area contributed by atoms with Crippen molar-refractivity contribution in [1.29, 1.82) is 0 Å². The third-order valence-corrected chi connectivity index (χ3v) is 2.57. The molecule has 4 nitrogen and oxygen atoms in total. The normalized spacial score (nSPS) is 12.8. The smallest absolute Gasteiger partial charge is 0.284 e. The predicted molar refractivity (Wildman–Crippen MR) is 58.4 cm³/mol. The lowest BCUT2D eigenvalue weighted by molar-refractivity contribution is -0.131. The van der Waals surface area contributed by atoms with Crippen LogP contribution in [0.4, 0.5) is 0 Å². The first-order valence-electron chi connectivity index (χ1n) is 5.27. The molecule has 0 saturated heterocycles. The number of hydrogen-bond donors (Lipinski definition) is 1. The summed E-state index contributed by atoms with van der Waals surface area (Å²) in [7, 11) is 0. The van der Waals surface area contributed by atoms with Crippen molar-refractivity contribution in [2.75, 3.05) is 13.2 Å². The van der Waals surface area contributed by atoms with Crippen molar-refractivity contribution in [3.63, 3.8) is 0 Å². The second-order valence-electron chi connectivity index (χ2n) is 3.70. The molecule has 1 amide bonds. The monoisotopic (exact) mass is 219 g/mol. The molecule has 1 heterocycles. The van der Waals surface area contributed by atoms with Gasteiger partial charge in [-0.3, -0.25) is 9.59 Å². The van der Waals surface area contributed by atoms with Crippen LogP contribution in [-0.2, 0) is 22.4 Å². The molecule has 1 aromatic rings. The van der Waals surface area contributed by atoms with E-state index in [0.717, 1.165) is 30.8 Å². The summed E-state index contributed by atoms with van der Waals surface area (Å²) < 4.78 is 5.40. The zero-order chi connectivity index (χ0) is 11.4. The van der Waals surface area contributed by atoms with Crippen LogP contribution in [0.25, 0.3) is 0 Å². The fourth-order valence-electron chi connectivity index (χ4n) is 1.77. The maximum Gasteiger partial charge on any atom is 0.284 e. The Morgan fingerprint density at radius 1 is 1.50 bits per heavy atom. The van der Waals surface area contributed by atoms with Crippen LogP contribution in [0, 0.1) is 0 Å². The van der Waals surface area contributed by atoms with Crippen LogP contribution < -0.4 is 10.1 Å². The third kappa shape index (κ3) is 2.39. The van der Waals surface area contributed by atoms with E-state index in [2.05, 4.69) is 11.4 Å². The van der Waals surface area contributed by atoms with Gasteiger partial charge in [0.15, 0.2) is 0 Å². The molecule has 0 aromatic heterocycles. The van der Waals surface area contributed by atoms with E-state index >= 15 is 0 Å². The molecule has 0 atom stereocenters. The van der Waals surface area contributed by atoms with E-state index in [9.17, 15) is 9.59 Å². The molecule has 0 unspecified atom stereocenters. The molecule has 0 radical (unpaired) electrons. The van der Waals surface area contributed by atoms with Crippen molar-refractivity contribution in [1.82, 2.24) is 5.32 Å². The molecular formula is C12H13NO3. The lowest BCUT2D eigenvalue weighted by Gasteiger charge is -2.04. The Hall–Kier alpha value is -1.84. The summed E-state index contributed by atoms with van der Waals surface area (Å²) in [6.07, 6.45) is 1.97. The van der Waals surface area contributed by atoms with Gasteiger partial charge in [-0.25, -0.2) is 0 Å². The summed E-state index contributed by atoms with van der Waals surface area (Å²) in [6, 6.07) is 6.03. The fourth-order valence-corrected chi connectivity index (χ4v) is 1.77. The number of amides is 1. The number of hydrogen-bond acceptors (Lipinski definition) is 3. The van der Waals surface area contributed by atoms with Crippen molar-refractivity contribution in [3.8, 4) is 5.75 Å². The van der Waals surface area contributed by atoms with Gasteiger partial charge in [0.1, 0.15) is 5.75 Å². The number of benzene rings is 1. The molecule has 1 aliphatic heterocycles. The van der Waals surface area contributed by atoms with E-state index in [1.807, 2.05) is 12.1 Å². The van der Waals surface area contributed by atoms with Gasteiger partial charge in [-0.2, -0.15) is 0 Å². The molecule has 0 bridgehead atoms. The molecule has 2 rings (SSSR count). The Morgan fingerprint density at radius 3 is 3.19 bits per heavy atom. The first kappa shape index (κ1) is 10.7. The minimum Gasteiger partial charge on any atom is -0.493 e. The summed E-state index contributed by atoms with van der Waals surface area (Å²) in [5.74, 6) is 0.394. The highest BCUT2D eigenvalue weighted by Crippen LogP contribution is 2.25. The largest absolute Gasteiger partial charge is 0.493 e. The number of nitrogens with one attached hydrogen (secondary N) is 1. The topological polar surface area (TPSA) is 55.4 Å². The van der Waals surface area contributed by atoms with Crippen LogP contribution in [0.5, 0.6) is 5.75 Å². The zero-order valence-electron chi connectivity index (χ0n) is 8.86. The van der Waals surface area contributed by atoms with Gasteiger partial charge in [0, 0.05) is 13.0 Å². The fraction of sp³-hybridized carbons (Fsp3) is 0.333. The number of fused-ring (bicyclic) bond motifs is 1. The Balaban J connectivity index is 1.90. The first-order chi connectivity index (χ1) is 7.79. The number of ether oxygens (including phenoxy) is 1. The molecule has 0 saturated carbocycles. The van der Waals surface area contributed by atoms with E-state index < -0.39 is 5.91 Å². The molecule has 1 N–H and O–H groups in total. The summed E-state index contributed by atoms with van der Waals surface area (Å²) in [5.41, 5.74) is 2.37.